The molecule has 0 aliphatic carbocycles. The zero-order chi connectivity index (χ0) is 24.4. The lowest BCUT2D eigenvalue weighted by Crippen LogP contribution is -2.44. The van der Waals surface area contributed by atoms with Crippen LogP contribution in [0.15, 0.2) is 54.6 Å². The van der Waals surface area contributed by atoms with E-state index in [1.807, 2.05) is 42.5 Å². The topological polar surface area (TPSA) is 93.4 Å². The number of benzene rings is 2. The third-order valence-electron chi connectivity index (χ3n) is 6.11. The highest BCUT2D eigenvalue weighted by atomic mass is 35.5. The Morgan fingerprint density at radius 3 is 2.54 bits per heavy atom. The van der Waals surface area contributed by atoms with Crippen molar-refractivity contribution in [3.63, 3.8) is 0 Å². The first-order chi connectivity index (χ1) is 17.0. The molecule has 4 aromatic rings. The molecule has 1 aliphatic rings. The second kappa shape index (κ2) is 10.1. The van der Waals surface area contributed by atoms with Gasteiger partial charge in [-0.2, -0.15) is 5.10 Å². The van der Waals surface area contributed by atoms with Crippen LogP contribution >= 0.6 is 22.9 Å². The second-order valence-electron chi connectivity index (χ2n) is 8.49. The molecule has 2 aromatic carbocycles. The molecule has 0 saturated carbocycles. The maximum absolute atomic E-state index is 12.9. The summed E-state index contributed by atoms with van der Waals surface area (Å²) < 4.78 is 0. The van der Waals surface area contributed by atoms with Gasteiger partial charge in [0.05, 0.1) is 10.3 Å². The summed E-state index contributed by atoms with van der Waals surface area (Å²) in [6.45, 7) is 4.33. The molecule has 0 spiro atoms. The zero-order valence-corrected chi connectivity index (χ0v) is 20.7. The number of fused-ring (bicyclic) bond motifs is 1. The average Bonchev–Trinajstić information content (AvgIpc) is 3.46. The Labute approximate surface area is 211 Å². The smallest absolute Gasteiger partial charge is 0.261 e. The number of aromatic nitrogens is 2. The molecule has 10 heteroatoms. The van der Waals surface area contributed by atoms with Crippen LogP contribution in [0.5, 0.6) is 0 Å². The van der Waals surface area contributed by atoms with E-state index in [1.165, 1.54) is 11.3 Å². The summed E-state index contributed by atoms with van der Waals surface area (Å²) in [6.07, 6.45) is 0. The Balaban J connectivity index is 1.24. The highest BCUT2D eigenvalue weighted by Gasteiger charge is 2.18. The number of carbonyl (C=O) groups is 2. The lowest BCUT2D eigenvalue weighted by Gasteiger charge is -2.34. The van der Waals surface area contributed by atoms with Crippen LogP contribution in [0.2, 0.25) is 5.02 Å². The van der Waals surface area contributed by atoms with E-state index < -0.39 is 0 Å². The van der Waals surface area contributed by atoms with Crippen molar-refractivity contribution < 1.29 is 9.59 Å². The van der Waals surface area contributed by atoms with Crippen molar-refractivity contribution in [3.05, 3.63) is 75.6 Å². The molecule has 1 aliphatic heterocycles. The van der Waals surface area contributed by atoms with Crippen molar-refractivity contribution in [2.75, 3.05) is 43.4 Å². The van der Waals surface area contributed by atoms with Crippen molar-refractivity contribution in [2.24, 2.45) is 0 Å². The minimum absolute atomic E-state index is 0.218. The number of anilines is 2. The Morgan fingerprint density at radius 1 is 1.06 bits per heavy atom. The zero-order valence-electron chi connectivity index (χ0n) is 19.2. The molecule has 2 amide bonds. The molecule has 3 N–H and O–H groups in total. The SMILES string of the molecule is CN1CCN(c2ccc(C(=O)Nc3[nH]nc4sc(C(=O)NCc5ccccc5Cl)cc34)cc2)CC1. The molecule has 0 bridgehead atoms. The van der Waals surface area contributed by atoms with Gasteiger partial charge in [0, 0.05) is 49.0 Å². The van der Waals surface area contributed by atoms with Crippen LogP contribution in [-0.2, 0) is 6.54 Å². The van der Waals surface area contributed by atoms with E-state index in [2.05, 4.69) is 37.7 Å². The van der Waals surface area contributed by atoms with Gasteiger partial charge in [0.15, 0.2) is 0 Å². The standard InChI is InChI=1S/C25H25ClN6O2S/c1-31-10-12-32(13-11-31)18-8-6-16(7-9-18)23(33)28-22-19-14-21(35-25(19)30-29-22)24(34)27-15-17-4-2-3-5-20(17)26/h2-9,14H,10-13,15H2,1H3,(H,27,34)(H2,28,29,30,33). The third-order valence-corrected chi connectivity index (χ3v) is 7.50. The van der Waals surface area contributed by atoms with Crippen LogP contribution < -0.4 is 15.5 Å². The average molecular weight is 509 g/mol. The summed E-state index contributed by atoms with van der Waals surface area (Å²) in [5, 5.41) is 14.2. The van der Waals surface area contributed by atoms with Crippen LogP contribution in [-0.4, -0.2) is 60.1 Å². The molecule has 2 aromatic heterocycles. The number of hydrogen-bond acceptors (Lipinski definition) is 6. The molecule has 180 valence electrons. The first-order valence-electron chi connectivity index (χ1n) is 11.3. The molecule has 8 nitrogen and oxygen atoms in total. The van der Waals surface area contributed by atoms with Gasteiger partial charge >= 0.3 is 0 Å². The number of halogens is 1. The summed E-state index contributed by atoms with van der Waals surface area (Å²) in [4.78, 5) is 31.3. The summed E-state index contributed by atoms with van der Waals surface area (Å²) in [5.74, 6) is 0.00985. The summed E-state index contributed by atoms with van der Waals surface area (Å²) >= 11 is 7.43. The Bertz CT molecular complexity index is 1360. The lowest BCUT2D eigenvalue weighted by molar-refractivity contribution is 0.0954. The fraction of sp³-hybridized carbons (Fsp3) is 0.240. The van der Waals surface area contributed by atoms with Gasteiger partial charge in [0.25, 0.3) is 11.8 Å². The number of rotatable bonds is 6. The quantitative estimate of drug-likeness (QED) is 0.363. The predicted octanol–water partition coefficient (Wildman–Crippen LogP) is 4.21. The number of carbonyl (C=O) groups excluding carboxylic acids is 2. The predicted molar refractivity (Wildman–Crippen MR) is 141 cm³/mol. The van der Waals surface area contributed by atoms with Crippen molar-refractivity contribution in [2.45, 2.75) is 6.54 Å². The van der Waals surface area contributed by atoms with E-state index >= 15 is 0 Å². The van der Waals surface area contributed by atoms with Gasteiger partial charge in [-0.1, -0.05) is 29.8 Å². The fourth-order valence-corrected chi connectivity index (χ4v) is 5.11. The van der Waals surface area contributed by atoms with Crippen LogP contribution in [0.3, 0.4) is 0 Å². The first kappa shape index (κ1) is 23.3. The lowest BCUT2D eigenvalue weighted by atomic mass is 10.1. The van der Waals surface area contributed by atoms with Gasteiger partial charge in [-0.05, 0) is 49.0 Å². The van der Waals surface area contributed by atoms with Gasteiger partial charge in [0.1, 0.15) is 10.6 Å². The molecular weight excluding hydrogens is 484 g/mol. The number of nitrogens with one attached hydrogen (secondary N) is 3. The van der Waals surface area contributed by atoms with Crippen molar-refractivity contribution in [3.8, 4) is 0 Å². The first-order valence-corrected chi connectivity index (χ1v) is 12.5. The molecule has 5 rings (SSSR count). The van der Waals surface area contributed by atoms with Crippen LogP contribution in [0, 0.1) is 0 Å². The summed E-state index contributed by atoms with van der Waals surface area (Å²) in [7, 11) is 2.13. The van der Waals surface area contributed by atoms with Gasteiger partial charge in [-0.15, -0.1) is 11.3 Å². The van der Waals surface area contributed by atoms with E-state index in [-0.39, 0.29) is 11.8 Å². The number of piperazine rings is 1. The van der Waals surface area contributed by atoms with Crippen LogP contribution in [0.4, 0.5) is 11.5 Å². The molecule has 3 heterocycles. The number of likely N-dealkylation sites (N-methyl/N-ethyl adjacent to an activating group) is 1. The Morgan fingerprint density at radius 2 is 1.80 bits per heavy atom. The normalized spacial score (nSPS) is 14.3. The maximum atomic E-state index is 12.9. The maximum Gasteiger partial charge on any atom is 0.261 e. The molecule has 1 saturated heterocycles. The minimum Gasteiger partial charge on any atom is -0.369 e. The van der Waals surface area contributed by atoms with Crippen LogP contribution in [0.1, 0.15) is 25.6 Å². The van der Waals surface area contributed by atoms with Crippen LogP contribution in [0.25, 0.3) is 10.2 Å². The fourth-order valence-electron chi connectivity index (χ4n) is 4.00. The number of aromatic amines is 1. The third kappa shape index (κ3) is 5.17. The molecular formula is C25H25ClN6O2S. The number of hydrogen-bond donors (Lipinski definition) is 3. The molecule has 0 unspecified atom stereocenters. The van der Waals surface area contributed by atoms with E-state index in [0.29, 0.717) is 38.0 Å². The van der Waals surface area contributed by atoms with E-state index in [0.717, 1.165) is 37.4 Å². The number of nitrogens with zero attached hydrogens (tertiary/aromatic N) is 3. The number of amides is 2. The van der Waals surface area contributed by atoms with Crippen molar-refractivity contribution in [1.29, 1.82) is 0 Å². The summed E-state index contributed by atoms with van der Waals surface area (Å²) in [5.41, 5.74) is 2.51. The monoisotopic (exact) mass is 508 g/mol. The highest BCUT2D eigenvalue weighted by Crippen LogP contribution is 2.30. The van der Waals surface area contributed by atoms with E-state index in [9.17, 15) is 9.59 Å². The van der Waals surface area contributed by atoms with Crippen molar-refractivity contribution in [1.82, 2.24) is 20.4 Å². The highest BCUT2D eigenvalue weighted by molar-refractivity contribution is 7.20. The second-order valence-corrected chi connectivity index (χ2v) is 9.93. The molecule has 1 fully saturated rings. The van der Waals surface area contributed by atoms with E-state index in [1.54, 1.807) is 12.1 Å². The Hall–Kier alpha value is -3.40. The van der Waals surface area contributed by atoms with Gasteiger partial charge in [-0.25, -0.2) is 0 Å². The molecule has 35 heavy (non-hydrogen) atoms. The minimum atomic E-state index is -0.239. The van der Waals surface area contributed by atoms with Gasteiger partial charge in [0.2, 0.25) is 0 Å². The Kier molecular flexibility index (Phi) is 6.72. The number of H-pyrrole nitrogens is 1. The van der Waals surface area contributed by atoms with E-state index in [4.69, 9.17) is 11.6 Å². The summed E-state index contributed by atoms with van der Waals surface area (Å²) in [6, 6.07) is 16.7. The largest absolute Gasteiger partial charge is 0.369 e. The molecule has 0 radical (unpaired) electrons. The van der Waals surface area contributed by atoms with Crippen molar-refractivity contribution >= 4 is 56.5 Å². The molecule has 0 atom stereocenters. The van der Waals surface area contributed by atoms with Gasteiger partial charge < -0.3 is 20.4 Å². The van der Waals surface area contributed by atoms with Gasteiger partial charge in [-0.3, -0.25) is 14.7 Å². The number of thiophene rings is 1.